The monoisotopic (exact) mass is 392 g/mol. The average Bonchev–Trinajstić information content (AvgIpc) is 3.21. The van der Waals surface area contributed by atoms with E-state index in [0.29, 0.717) is 38.8 Å². The highest BCUT2D eigenvalue weighted by Crippen LogP contribution is 2.29. The highest BCUT2D eigenvalue weighted by Gasteiger charge is 2.37. The number of hydrogen-bond donors (Lipinski definition) is 3. The van der Waals surface area contributed by atoms with E-state index in [-0.39, 0.29) is 36.0 Å². The molecule has 0 spiro atoms. The summed E-state index contributed by atoms with van der Waals surface area (Å²) in [6.07, 6.45) is 8.75. The number of aromatic nitrogens is 2. The highest BCUT2D eigenvalue weighted by molar-refractivity contribution is 5.80. The third-order valence-electron chi connectivity index (χ3n) is 5.99. The number of aliphatic hydroxyl groups is 1. The molecule has 0 radical (unpaired) electrons. The molecule has 2 fully saturated rings. The number of piperidine rings is 1. The number of rotatable bonds is 7. The lowest BCUT2D eigenvalue weighted by Gasteiger charge is -2.38. The maximum atomic E-state index is 12.9. The molecule has 2 heterocycles. The van der Waals surface area contributed by atoms with Crippen molar-refractivity contribution in [1.82, 2.24) is 20.4 Å². The average molecular weight is 393 g/mol. The number of aryl methyl sites for hydroxylation is 1. The predicted octanol–water partition coefficient (Wildman–Crippen LogP) is 1.02. The van der Waals surface area contributed by atoms with Crippen LogP contribution in [0.5, 0.6) is 0 Å². The molecule has 3 atom stereocenters. The fourth-order valence-electron chi connectivity index (χ4n) is 4.29. The molecule has 1 aliphatic carbocycles. The Morgan fingerprint density at radius 1 is 1.32 bits per heavy atom. The van der Waals surface area contributed by atoms with E-state index in [2.05, 4.69) is 15.5 Å². The summed E-state index contributed by atoms with van der Waals surface area (Å²) >= 11 is 0. The summed E-state index contributed by atoms with van der Waals surface area (Å²) in [6, 6.07) is -0.135. The van der Waals surface area contributed by atoms with E-state index >= 15 is 0 Å². The third-order valence-corrected chi connectivity index (χ3v) is 5.99. The minimum absolute atomic E-state index is 0.00439. The predicted molar refractivity (Wildman–Crippen MR) is 103 cm³/mol. The smallest absolute Gasteiger partial charge is 0.225 e. The van der Waals surface area contributed by atoms with Gasteiger partial charge in [-0.05, 0) is 50.5 Å². The van der Waals surface area contributed by atoms with Crippen LogP contribution in [0, 0.1) is 5.92 Å². The van der Waals surface area contributed by atoms with Gasteiger partial charge in [-0.2, -0.15) is 5.10 Å². The van der Waals surface area contributed by atoms with Crippen molar-refractivity contribution in [2.45, 2.75) is 69.6 Å². The Morgan fingerprint density at radius 2 is 2.11 bits per heavy atom. The van der Waals surface area contributed by atoms with Crippen LogP contribution < -0.4 is 5.32 Å². The summed E-state index contributed by atoms with van der Waals surface area (Å²) in [4.78, 5) is 27.1. The van der Waals surface area contributed by atoms with E-state index in [1.807, 2.05) is 11.1 Å². The molecule has 0 unspecified atom stereocenters. The SMILES string of the molecule is CO[C@@H]1CC[C@H](C(=O)N2CCC(O)CC2)C[C@H]1NC(=O)CCCc1cn[nH]c1. The van der Waals surface area contributed by atoms with Crippen LogP contribution in [0.1, 0.15) is 50.5 Å². The number of hydrogen-bond acceptors (Lipinski definition) is 5. The summed E-state index contributed by atoms with van der Waals surface area (Å²) in [5, 5.41) is 19.4. The minimum Gasteiger partial charge on any atom is -0.393 e. The van der Waals surface area contributed by atoms with Gasteiger partial charge in [0.1, 0.15) is 0 Å². The molecule has 1 saturated carbocycles. The lowest BCUT2D eigenvalue weighted by molar-refractivity contribution is -0.141. The molecule has 28 heavy (non-hydrogen) atoms. The molecule has 8 heteroatoms. The first kappa shape index (κ1) is 20.8. The molecule has 1 saturated heterocycles. The molecule has 0 bridgehead atoms. The number of carbonyl (C=O) groups is 2. The van der Waals surface area contributed by atoms with Gasteiger partial charge >= 0.3 is 0 Å². The summed E-state index contributed by atoms with van der Waals surface area (Å²) in [7, 11) is 1.66. The quantitative estimate of drug-likeness (QED) is 0.642. The first-order valence-corrected chi connectivity index (χ1v) is 10.3. The van der Waals surface area contributed by atoms with Crippen LogP contribution in [0.3, 0.4) is 0 Å². The summed E-state index contributed by atoms with van der Waals surface area (Å²) in [5.41, 5.74) is 1.09. The van der Waals surface area contributed by atoms with Crippen molar-refractivity contribution in [3.05, 3.63) is 18.0 Å². The van der Waals surface area contributed by atoms with Gasteiger partial charge in [0.05, 0.1) is 24.4 Å². The standard InChI is InChI=1S/C20H32N4O4/c1-28-18-6-5-15(20(27)24-9-7-16(25)8-10-24)11-17(18)23-19(26)4-2-3-14-12-21-22-13-14/h12-13,15-18,25H,2-11H2,1H3,(H,21,22)(H,23,26)/t15-,17+,18+/m0/s1. The van der Waals surface area contributed by atoms with Crippen LogP contribution in [-0.4, -0.2) is 70.5 Å². The molecule has 156 valence electrons. The van der Waals surface area contributed by atoms with Gasteiger partial charge in [-0.3, -0.25) is 14.7 Å². The van der Waals surface area contributed by atoms with Crippen molar-refractivity contribution in [1.29, 1.82) is 0 Å². The lowest BCUT2D eigenvalue weighted by Crippen LogP contribution is -2.51. The number of nitrogens with one attached hydrogen (secondary N) is 2. The van der Waals surface area contributed by atoms with Gasteiger partial charge in [-0.15, -0.1) is 0 Å². The lowest BCUT2D eigenvalue weighted by atomic mass is 9.82. The van der Waals surface area contributed by atoms with Crippen LogP contribution in [0.25, 0.3) is 0 Å². The van der Waals surface area contributed by atoms with Gasteiger partial charge in [0.15, 0.2) is 0 Å². The topological polar surface area (TPSA) is 108 Å². The second-order valence-corrected chi connectivity index (χ2v) is 7.97. The number of likely N-dealkylation sites (tertiary alicyclic amines) is 1. The zero-order chi connectivity index (χ0) is 19.9. The normalized spacial score (nSPS) is 26.2. The zero-order valence-electron chi connectivity index (χ0n) is 16.6. The van der Waals surface area contributed by atoms with Crippen molar-refractivity contribution in [3.8, 4) is 0 Å². The van der Waals surface area contributed by atoms with Crippen molar-refractivity contribution in [2.24, 2.45) is 5.92 Å². The maximum Gasteiger partial charge on any atom is 0.225 e. The van der Waals surface area contributed by atoms with E-state index in [0.717, 1.165) is 31.2 Å². The molecule has 2 aliphatic rings. The number of amides is 2. The number of aliphatic hydroxyl groups excluding tert-OH is 1. The Balaban J connectivity index is 1.48. The number of methoxy groups -OCH3 is 1. The molecule has 3 rings (SSSR count). The molecular weight excluding hydrogens is 360 g/mol. The fourth-order valence-corrected chi connectivity index (χ4v) is 4.29. The Labute approximate surface area is 166 Å². The van der Waals surface area contributed by atoms with E-state index in [9.17, 15) is 14.7 Å². The van der Waals surface area contributed by atoms with Crippen molar-refractivity contribution in [2.75, 3.05) is 20.2 Å². The van der Waals surface area contributed by atoms with Gasteiger partial charge in [-0.1, -0.05) is 0 Å². The van der Waals surface area contributed by atoms with Crippen LogP contribution in [-0.2, 0) is 20.7 Å². The van der Waals surface area contributed by atoms with Crippen LogP contribution >= 0.6 is 0 Å². The van der Waals surface area contributed by atoms with Crippen LogP contribution in [0.15, 0.2) is 12.4 Å². The molecule has 3 N–H and O–H groups in total. The van der Waals surface area contributed by atoms with E-state index < -0.39 is 0 Å². The second-order valence-electron chi connectivity index (χ2n) is 7.97. The molecule has 1 aromatic heterocycles. The van der Waals surface area contributed by atoms with Crippen LogP contribution in [0.2, 0.25) is 0 Å². The van der Waals surface area contributed by atoms with E-state index in [4.69, 9.17) is 4.74 Å². The summed E-state index contributed by atoms with van der Waals surface area (Å²) < 4.78 is 5.57. The number of carbonyl (C=O) groups excluding carboxylic acids is 2. The second kappa shape index (κ2) is 10.0. The number of H-pyrrole nitrogens is 1. The molecule has 1 aromatic rings. The van der Waals surface area contributed by atoms with Gasteiger partial charge in [0.2, 0.25) is 11.8 Å². The zero-order valence-corrected chi connectivity index (χ0v) is 16.6. The van der Waals surface area contributed by atoms with Crippen LogP contribution in [0.4, 0.5) is 0 Å². The number of ether oxygens (including phenoxy) is 1. The van der Waals surface area contributed by atoms with E-state index in [1.54, 1.807) is 13.3 Å². The van der Waals surface area contributed by atoms with E-state index in [1.165, 1.54) is 0 Å². The summed E-state index contributed by atoms with van der Waals surface area (Å²) in [5.74, 6) is 0.0725. The highest BCUT2D eigenvalue weighted by atomic mass is 16.5. The van der Waals surface area contributed by atoms with Crippen molar-refractivity contribution in [3.63, 3.8) is 0 Å². The number of nitrogens with zero attached hydrogens (tertiary/aromatic N) is 2. The molecule has 2 amide bonds. The van der Waals surface area contributed by atoms with Gasteiger partial charge in [-0.25, -0.2) is 0 Å². The largest absolute Gasteiger partial charge is 0.393 e. The first-order chi connectivity index (χ1) is 13.6. The van der Waals surface area contributed by atoms with Gasteiger partial charge in [0, 0.05) is 38.7 Å². The first-order valence-electron chi connectivity index (χ1n) is 10.3. The summed E-state index contributed by atoms with van der Waals surface area (Å²) in [6.45, 7) is 1.24. The Bertz CT molecular complexity index is 628. The molecular formula is C20H32N4O4. The minimum atomic E-state index is -0.289. The molecule has 8 nitrogen and oxygen atoms in total. The Kier molecular flexibility index (Phi) is 7.44. The number of aromatic amines is 1. The Morgan fingerprint density at radius 3 is 2.79 bits per heavy atom. The third kappa shape index (κ3) is 5.54. The Hall–Kier alpha value is -1.93. The van der Waals surface area contributed by atoms with Gasteiger partial charge < -0.3 is 20.1 Å². The molecule has 0 aromatic carbocycles. The van der Waals surface area contributed by atoms with Crippen molar-refractivity contribution >= 4 is 11.8 Å². The van der Waals surface area contributed by atoms with Gasteiger partial charge in [0.25, 0.3) is 0 Å². The van der Waals surface area contributed by atoms with Crippen molar-refractivity contribution < 1.29 is 19.4 Å². The fraction of sp³-hybridized carbons (Fsp3) is 0.750. The maximum absolute atomic E-state index is 12.9. The molecule has 1 aliphatic heterocycles.